The van der Waals surface area contributed by atoms with Crippen molar-refractivity contribution in [3.8, 4) is 0 Å². The molecule has 2 aliphatic rings. The van der Waals surface area contributed by atoms with Crippen LogP contribution in [0.4, 0.5) is 0 Å². The summed E-state index contributed by atoms with van der Waals surface area (Å²) in [4.78, 5) is 38.8. The summed E-state index contributed by atoms with van der Waals surface area (Å²) in [6.45, 7) is 4.86. The molecule has 1 unspecified atom stereocenters. The van der Waals surface area contributed by atoms with Crippen molar-refractivity contribution >= 4 is 35.3 Å². The van der Waals surface area contributed by atoms with Crippen LogP contribution in [0.25, 0.3) is 0 Å². The Balaban J connectivity index is 0.00000242. The van der Waals surface area contributed by atoms with Gasteiger partial charge in [-0.15, -0.1) is 11.8 Å². The smallest absolute Gasteiger partial charge is 0.352 e. The van der Waals surface area contributed by atoms with Gasteiger partial charge in [0.15, 0.2) is 5.37 Å². The lowest BCUT2D eigenvalue weighted by atomic mass is 10.0. The third-order valence-corrected chi connectivity index (χ3v) is 4.48. The predicted molar refractivity (Wildman–Crippen MR) is 75.5 cm³/mol. The normalized spacial score (nSPS) is 23.0. The minimum atomic E-state index is -1.17. The van der Waals surface area contributed by atoms with E-state index >= 15 is 0 Å². The van der Waals surface area contributed by atoms with Crippen LogP contribution in [0.2, 0.25) is 0 Å². The molecule has 0 aromatic heterocycles. The molecule has 0 spiro atoms. The number of β-lactam (4-membered cyclic amide) rings is 1. The molecular weight excluding hydrogens is 423 g/mol. The van der Waals surface area contributed by atoms with Crippen molar-refractivity contribution in [3.63, 3.8) is 0 Å². The number of nitrogens with zero attached hydrogens (tertiary/aromatic N) is 1. The highest BCUT2D eigenvalue weighted by Gasteiger charge is 2.57. The van der Waals surface area contributed by atoms with E-state index in [0.717, 1.165) is 5.71 Å². The minimum Gasteiger partial charge on any atom is -1.00 e. The number of hydrogen-bond acceptors (Lipinski definition) is 5. The van der Waals surface area contributed by atoms with Gasteiger partial charge in [0.05, 0.1) is 0 Å². The van der Waals surface area contributed by atoms with E-state index in [1.165, 1.54) is 23.6 Å². The number of fused-ring (bicyclic) bond motifs is 1. The summed E-state index contributed by atoms with van der Waals surface area (Å²) in [5.41, 5.74) is 1.29. The molecule has 2 aliphatic heterocycles. The Morgan fingerprint density at radius 1 is 1.41 bits per heavy atom. The van der Waals surface area contributed by atoms with Gasteiger partial charge in [0.2, 0.25) is 0 Å². The summed E-state index contributed by atoms with van der Waals surface area (Å²) < 4.78 is 4.86. The molecule has 0 aromatic carbocycles. The van der Waals surface area contributed by atoms with Crippen LogP contribution < -0.4 is 29.0 Å². The zero-order valence-corrected chi connectivity index (χ0v) is 15.4. The number of rotatable bonds is 4. The molecule has 1 amide bonds. The second-order valence-electron chi connectivity index (χ2n) is 5.07. The third-order valence-electron chi connectivity index (χ3n) is 3.14. The summed E-state index contributed by atoms with van der Waals surface area (Å²) in [7, 11) is 0. The van der Waals surface area contributed by atoms with Crippen molar-refractivity contribution in [2.75, 3.05) is 12.4 Å². The number of carboxylic acids is 1. The third kappa shape index (κ3) is 3.62. The number of nitrogens with one attached hydrogen (secondary N) is 1. The van der Waals surface area contributed by atoms with E-state index in [1.54, 1.807) is 0 Å². The number of amides is 1. The van der Waals surface area contributed by atoms with Crippen molar-refractivity contribution in [2.24, 2.45) is 0 Å². The molecule has 0 saturated carbocycles. The van der Waals surface area contributed by atoms with Crippen molar-refractivity contribution in [1.82, 2.24) is 4.90 Å². The van der Waals surface area contributed by atoms with Gasteiger partial charge in [0.1, 0.15) is 18.0 Å². The number of hydrogen-bond donors (Lipinski definition) is 2. The van der Waals surface area contributed by atoms with E-state index in [9.17, 15) is 19.5 Å². The molecule has 2 heterocycles. The zero-order chi connectivity index (χ0) is 15.7. The Labute approximate surface area is 149 Å². The summed E-state index contributed by atoms with van der Waals surface area (Å²) in [6, 6.07) is -0.398. The van der Waals surface area contributed by atoms with Crippen molar-refractivity contribution in [3.05, 3.63) is 11.3 Å². The highest BCUT2D eigenvalue weighted by Crippen LogP contribution is 2.38. The van der Waals surface area contributed by atoms with Crippen LogP contribution in [0.3, 0.4) is 0 Å². The van der Waals surface area contributed by atoms with Crippen molar-refractivity contribution in [1.29, 1.82) is 0 Å². The van der Waals surface area contributed by atoms with Crippen LogP contribution in [-0.2, 0) is 19.1 Å². The van der Waals surface area contributed by atoms with Gasteiger partial charge in [-0.25, -0.2) is 9.79 Å². The number of halogens is 1. The quantitative estimate of drug-likeness (QED) is 0.199. The first kappa shape index (κ1) is 18.9. The van der Waals surface area contributed by atoms with Gasteiger partial charge < -0.3 is 33.8 Å². The Kier molecular flexibility index (Phi) is 6.41. The summed E-state index contributed by atoms with van der Waals surface area (Å²) in [5, 5.41) is 9.12. The van der Waals surface area contributed by atoms with Gasteiger partial charge in [-0.3, -0.25) is 14.5 Å². The second-order valence-corrected chi connectivity index (χ2v) is 6.17. The van der Waals surface area contributed by atoms with E-state index in [2.05, 4.69) is 4.99 Å². The number of aliphatic carboxylic acids is 1. The van der Waals surface area contributed by atoms with Crippen molar-refractivity contribution in [2.45, 2.75) is 32.2 Å². The number of carbonyl (C=O) groups excluding carboxylic acids is 2. The molecule has 1 fully saturated rings. The maximum absolute atomic E-state index is 12.2. The first-order valence-corrected chi connectivity index (χ1v) is 7.48. The largest absolute Gasteiger partial charge is 1.00 e. The van der Waals surface area contributed by atoms with Gasteiger partial charge in [0, 0.05) is 32.1 Å². The van der Waals surface area contributed by atoms with Gasteiger partial charge in [-0.2, -0.15) is 0 Å². The number of carboxylic acid groups (broad SMARTS) is 1. The zero-order valence-electron chi connectivity index (χ0n) is 12.4. The Morgan fingerprint density at radius 2 is 2.05 bits per heavy atom. The summed E-state index contributed by atoms with van der Waals surface area (Å²) in [6.07, 6.45) is 0. The Bertz CT molecular complexity index is 571. The second kappa shape index (κ2) is 7.44. The van der Waals surface area contributed by atoms with Crippen LogP contribution in [0.1, 0.15) is 20.8 Å². The maximum Gasteiger partial charge on any atom is 0.352 e. The van der Waals surface area contributed by atoms with Gasteiger partial charge >= 0.3 is 11.9 Å². The molecular formula is C13H17IN2O5S. The lowest BCUT2D eigenvalue weighted by Gasteiger charge is -2.44. The fourth-order valence-electron chi connectivity index (χ4n) is 2.29. The average molecular weight is 440 g/mol. The fourth-order valence-corrected chi connectivity index (χ4v) is 3.62. The molecule has 7 nitrogen and oxygen atoms in total. The molecule has 0 radical (unpaired) electrons. The average Bonchev–Trinajstić information content (AvgIpc) is 2.40. The molecule has 1 saturated heterocycles. The van der Waals surface area contributed by atoms with Gasteiger partial charge in [-0.1, -0.05) is 0 Å². The molecule has 0 aliphatic carbocycles. The first-order chi connectivity index (χ1) is 9.82. The van der Waals surface area contributed by atoms with E-state index in [1.807, 2.05) is 13.8 Å². The van der Waals surface area contributed by atoms with E-state index in [4.69, 9.17) is 4.74 Å². The summed E-state index contributed by atoms with van der Waals surface area (Å²) >= 11 is 1.46. The number of carbonyl (C=O) groups is 3. The standard InChI is InChI=1S/C13H16N2O5S.HI/c1-6(2)14-9-11(17)15-10(13(18)19)8(4-20-7(3)16)5-21-12(9)15;/h9,12H,4-5H2,1-3H3,(H,18,19);1H/t9?,12-;/m1./s1. The Hall–Kier alpha value is -1.10. The van der Waals surface area contributed by atoms with E-state index in [-0.39, 0.29) is 47.6 Å². The van der Waals surface area contributed by atoms with Crippen LogP contribution in [-0.4, -0.2) is 57.3 Å². The van der Waals surface area contributed by atoms with E-state index < -0.39 is 18.0 Å². The lowest BCUT2D eigenvalue weighted by molar-refractivity contribution is -0.503. The molecule has 9 heteroatoms. The summed E-state index contributed by atoms with van der Waals surface area (Å²) in [5.74, 6) is -1.51. The van der Waals surface area contributed by atoms with Gasteiger partial charge in [0.25, 0.3) is 11.9 Å². The van der Waals surface area contributed by atoms with Crippen LogP contribution in [0.15, 0.2) is 11.3 Å². The van der Waals surface area contributed by atoms with Crippen molar-refractivity contribution < 1.29 is 53.2 Å². The topological polar surface area (TPSA) is 97.9 Å². The molecule has 2 rings (SSSR count). The van der Waals surface area contributed by atoms with Crippen LogP contribution >= 0.6 is 11.8 Å². The fraction of sp³-hybridized carbons (Fsp3) is 0.538. The molecule has 22 heavy (non-hydrogen) atoms. The molecule has 122 valence electrons. The number of thioether (sulfide) groups is 1. The molecule has 2 atom stereocenters. The number of esters is 1. The number of ether oxygens (including phenoxy) is 1. The SMILES string of the molecule is CC(=O)OCC1=C(C(=O)O)N2C(=O)C([NH+]=C(C)C)[C@H]2SC1.[I-]. The highest BCUT2D eigenvalue weighted by atomic mass is 127. The lowest BCUT2D eigenvalue weighted by Crippen LogP contribution is -3.00. The minimum absolute atomic E-state index is 0. The molecule has 0 bridgehead atoms. The Morgan fingerprint density at radius 3 is 2.55 bits per heavy atom. The molecule has 0 aromatic rings. The van der Waals surface area contributed by atoms with Crippen LogP contribution in [0, 0.1) is 0 Å². The van der Waals surface area contributed by atoms with E-state index in [0.29, 0.717) is 11.3 Å². The maximum atomic E-state index is 12.2. The van der Waals surface area contributed by atoms with Gasteiger partial charge in [-0.05, 0) is 0 Å². The predicted octanol–water partition coefficient (Wildman–Crippen LogP) is -4.26. The first-order valence-electron chi connectivity index (χ1n) is 6.43. The monoisotopic (exact) mass is 440 g/mol. The molecule has 2 N–H and O–H groups in total. The van der Waals surface area contributed by atoms with Crippen LogP contribution in [0.5, 0.6) is 0 Å². The highest BCUT2D eigenvalue weighted by molar-refractivity contribution is 8.00.